The van der Waals surface area contributed by atoms with Gasteiger partial charge in [-0.2, -0.15) is 0 Å². The molecule has 0 amide bonds. The topological polar surface area (TPSA) is 43.1 Å². The molecule has 0 heterocycles. The molecule has 0 radical (unpaired) electrons. The number of allylic oxidation sites excluding steroid dienone is 1. The Morgan fingerprint density at radius 3 is 2.55 bits per heavy atom. The number of hydrogen-bond acceptors (Lipinski definition) is 2. The van der Waals surface area contributed by atoms with Gasteiger partial charge in [0, 0.05) is 12.8 Å². The highest BCUT2D eigenvalue weighted by Crippen LogP contribution is 2.00. The molecule has 0 aliphatic carbocycles. The van der Waals surface area contributed by atoms with Crippen LogP contribution in [0, 0.1) is 0 Å². The lowest BCUT2D eigenvalue weighted by atomic mass is 10.1. The van der Waals surface area contributed by atoms with E-state index < -0.39 is 0 Å². The van der Waals surface area contributed by atoms with E-state index in [4.69, 9.17) is 5.73 Å². The van der Waals surface area contributed by atoms with E-state index in [-0.39, 0.29) is 0 Å². The van der Waals surface area contributed by atoms with E-state index in [9.17, 15) is 4.79 Å². The number of ketones is 1. The second kappa shape index (κ2) is 7.48. The molecule has 0 aromatic heterocycles. The summed E-state index contributed by atoms with van der Waals surface area (Å²) in [6, 6.07) is 0. The second-order valence-electron chi connectivity index (χ2n) is 2.61. The van der Waals surface area contributed by atoms with E-state index in [2.05, 4.69) is 6.58 Å². The molecular formula is C9H17NO. The summed E-state index contributed by atoms with van der Waals surface area (Å²) in [5.74, 6) is 0.331. The molecule has 0 saturated carbocycles. The zero-order chi connectivity index (χ0) is 8.53. The first-order valence-corrected chi connectivity index (χ1v) is 4.14. The summed E-state index contributed by atoms with van der Waals surface area (Å²) < 4.78 is 0. The monoisotopic (exact) mass is 155 g/mol. The SMILES string of the molecule is C=CCCCC(=O)CCCN. The van der Waals surface area contributed by atoms with Gasteiger partial charge in [0.2, 0.25) is 0 Å². The van der Waals surface area contributed by atoms with Gasteiger partial charge in [0.15, 0.2) is 0 Å². The van der Waals surface area contributed by atoms with E-state index in [1.54, 1.807) is 0 Å². The van der Waals surface area contributed by atoms with Crippen LogP contribution in [0.15, 0.2) is 12.7 Å². The van der Waals surface area contributed by atoms with Crippen LogP contribution in [0.5, 0.6) is 0 Å². The molecule has 64 valence electrons. The highest BCUT2D eigenvalue weighted by molar-refractivity contribution is 5.78. The maximum Gasteiger partial charge on any atom is 0.132 e. The average Bonchev–Trinajstić information content (AvgIpc) is 2.01. The number of nitrogens with two attached hydrogens (primary N) is 1. The van der Waals surface area contributed by atoms with Crippen molar-refractivity contribution in [1.29, 1.82) is 0 Å². The van der Waals surface area contributed by atoms with Gasteiger partial charge in [0.05, 0.1) is 0 Å². The Bertz CT molecular complexity index is 121. The smallest absolute Gasteiger partial charge is 0.132 e. The van der Waals surface area contributed by atoms with Gasteiger partial charge in [-0.15, -0.1) is 6.58 Å². The van der Waals surface area contributed by atoms with Crippen LogP contribution in [-0.2, 0) is 4.79 Å². The lowest BCUT2D eigenvalue weighted by molar-refractivity contribution is -0.119. The van der Waals surface area contributed by atoms with Crippen LogP contribution < -0.4 is 5.73 Å². The fourth-order valence-electron chi connectivity index (χ4n) is 0.868. The summed E-state index contributed by atoms with van der Waals surface area (Å²) in [6.45, 7) is 4.21. The molecule has 2 N–H and O–H groups in total. The predicted molar refractivity (Wildman–Crippen MR) is 47.3 cm³/mol. The van der Waals surface area contributed by atoms with E-state index in [1.165, 1.54) is 0 Å². The Morgan fingerprint density at radius 1 is 1.36 bits per heavy atom. The molecule has 11 heavy (non-hydrogen) atoms. The quantitative estimate of drug-likeness (QED) is 0.448. The predicted octanol–water partition coefficient (Wildman–Crippen LogP) is 1.65. The Balaban J connectivity index is 3.15. The fraction of sp³-hybridized carbons (Fsp3) is 0.667. The third-order valence-electron chi connectivity index (χ3n) is 1.52. The van der Waals surface area contributed by atoms with Crippen molar-refractivity contribution in [3.8, 4) is 0 Å². The Morgan fingerprint density at radius 2 is 2.00 bits per heavy atom. The van der Waals surface area contributed by atoms with E-state index in [0.29, 0.717) is 25.2 Å². The van der Waals surface area contributed by atoms with Gasteiger partial charge in [-0.25, -0.2) is 0 Å². The molecule has 0 aliphatic rings. The minimum atomic E-state index is 0.331. The van der Waals surface area contributed by atoms with Crippen molar-refractivity contribution in [3.05, 3.63) is 12.7 Å². The first-order valence-electron chi connectivity index (χ1n) is 4.14. The summed E-state index contributed by atoms with van der Waals surface area (Å²) in [5.41, 5.74) is 5.26. The van der Waals surface area contributed by atoms with Crippen molar-refractivity contribution in [2.24, 2.45) is 5.73 Å². The molecule has 0 bridgehead atoms. The summed E-state index contributed by atoms with van der Waals surface area (Å²) in [6.07, 6.45) is 5.88. The zero-order valence-electron chi connectivity index (χ0n) is 7.01. The number of hydrogen-bond donors (Lipinski definition) is 1. The third-order valence-corrected chi connectivity index (χ3v) is 1.52. The molecule has 2 heteroatoms. The fourth-order valence-corrected chi connectivity index (χ4v) is 0.868. The van der Waals surface area contributed by atoms with Crippen LogP contribution in [0.3, 0.4) is 0 Å². The number of unbranched alkanes of at least 4 members (excludes halogenated alkanes) is 1. The second-order valence-corrected chi connectivity index (χ2v) is 2.61. The third kappa shape index (κ3) is 7.26. The number of Topliss-reactive ketones (excluding diaryl/α,β-unsaturated/α-hetero) is 1. The standard InChI is InChI=1S/C9H17NO/c1-2-3-4-6-9(11)7-5-8-10/h2H,1,3-8,10H2. The molecule has 0 atom stereocenters. The lowest BCUT2D eigenvalue weighted by Gasteiger charge is -1.96. The minimum Gasteiger partial charge on any atom is -0.330 e. The van der Waals surface area contributed by atoms with Gasteiger partial charge < -0.3 is 5.73 Å². The Labute approximate surface area is 68.5 Å². The van der Waals surface area contributed by atoms with E-state index in [0.717, 1.165) is 19.3 Å². The normalized spacial score (nSPS) is 9.55. The van der Waals surface area contributed by atoms with Crippen LogP contribution in [0.1, 0.15) is 32.1 Å². The van der Waals surface area contributed by atoms with Gasteiger partial charge in [-0.05, 0) is 25.8 Å². The summed E-state index contributed by atoms with van der Waals surface area (Å²) in [5, 5.41) is 0. The van der Waals surface area contributed by atoms with Crippen molar-refractivity contribution in [2.75, 3.05) is 6.54 Å². The first-order chi connectivity index (χ1) is 5.31. The van der Waals surface area contributed by atoms with Crippen molar-refractivity contribution in [1.82, 2.24) is 0 Å². The largest absolute Gasteiger partial charge is 0.330 e. The van der Waals surface area contributed by atoms with Crippen molar-refractivity contribution >= 4 is 5.78 Å². The van der Waals surface area contributed by atoms with Gasteiger partial charge in [0.1, 0.15) is 5.78 Å². The maximum absolute atomic E-state index is 11.0. The van der Waals surface area contributed by atoms with Gasteiger partial charge in [0.25, 0.3) is 0 Å². The number of rotatable bonds is 7. The Kier molecular flexibility index (Phi) is 7.05. The van der Waals surface area contributed by atoms with Crippen molar-refractivity contribution in [3.63, 3.8) is 0 Å². The molecule has 0 fully saturated rings. The number of carbonyl (C=O) groups is 1. The summed E-state index contributed by atoms with van der Waals surface area (Å²) in [4.78, 5) is 11.0. The van der Waals surface area contributed by atoms with Crippen LogP contribution in [0.2, 0.25) is 0 Å². The van der Waals surface area contributed by atoms with Crippen molar-refractivity contribution < 1.29 is 4.79 Å². The molecule has 0 saturated heterocycles. The molecule has 0 spiro atoms. The zero-order valence-corrected chi connectivity index (χ0v) is 7.01. The number of carbonyl (C=O) groups excluding carboxylic acids is 1. The molecule has 0 unspecified atom stereocenters. The maximum atomic E-state index is 11.0. The average molecular weight is 155 g/mol. The molecule has 0 rings (SSSR count). The lowest BCUT2D eigenvalue weighted by Crippen LogP contribution is -2.04. The summed E-state index contributed by atoms with van der Waals surface area (Å²) in [7, 11) is 0. The van der Waals surface area contributed by atoms with Crippen LogP contribution in [0.4, 0.5) is 0 Å². The molecular weight excluding hydrogens is 138 g/mol. The van der Waals surface area contributed by atoms with Crippen molar-refractivity contribution in [2.45, 2.75) is 32.1 Å². The molecule has 2 nitrogen and oxygen atoms in total. The Hall–Kier alpha value is -0.630. The highest BCUT2D eigenvalue weighted by Gasteiger charge is 1.98. The highest BCUT2D eigenvalue weighted by atomic mass is 16.1. The summed E-state index contributed by atoms with van der Waals surface area (Å²) >= 11 is 0. The first kappa shape index (κ1) is 10.4. The minimum absolute atomic E-state index is 0.331. The van der Waals surface area contributed by atoms with Crippen LogP contribution >= 0.6 is 0 Å². The molecule has 0 aromatic rings. The van der Waals surface area contributed by atoms with Gasteiger partial charge >= 0.3 is 0 Å². The van der Waals surface area contributed by atoms with Crippen LogP contribution in [-0.4, -0.2) is 12.3 Å². The molecule has 0 aliphatic heterocycles. The van der Waals surface area contributed by atoms with E-state index in [1.807, 2.05) is 6.08 Å². The van der Waals surface area contributed by atoms with Gasteiger partial charge in [-0.3, -0.25) is 4.79 Å². The van der Waals surface area contributed by atoms with Gasteiger partial charge in [-0.1, -0.05) is 6.08 Å². The van der Waals surface area contributed by atoms with Crippen LogP contribution in [0.25, 0.3) is 0 Å². The molecule has 0 aromatic carbocycles. The van der Waals surface area contributed by atoms with E-state index >= 15 is 0 Å².